The number of anilines is 1. The maximum absolute atomic E-state index is 11.2. The lowest BCUT2D eigenvalue weighted by Crippen LogP contribution is -2.15. The zero-order valence-electron chi connectivity index (χ0n) is 8.30. The number of nitrogens with zero attached hydrogens (tertiary/aromatic N) is 3. The second kappa shape index (κ2) is 5.97. The molecular weight excluding hydrogens is 200 g/mol. The molecule has 1 rings (SSSR count). The number of hydrogen-bond donors (Lipinski definition) is 2. The smallest absolute Gasteiger partial charge is 0.327 e. The molecule has 1 aromatic rings. The molecule has 0 radical (unpaired) electrons. The van der Waals surface area contributed by atoms with E-state index in [-0.39, 0.29) is 19.1 Å². The number of aromatic nitrogens is 3. The van der Waals surface area contributed by atoms with E-state index in [1.807, 2.05) is 0 Å². The summed E-state index contributed by atoms with van der Waals surface area (Å²) >= 11 is 0. The summed E-state index contributed by atoms with van der Waals surface area (Å²) in [6, 6.07) is 0. The fraction of sp³-hybridized carbons (Fsp3) is 0.625. The Labute approximate surface area is 86.9 Å². The highest BCUT2D eigenvalue weighted by molar-refractivity contribution is 5.68. The molecule has 0 bridgehead atoms. The van der Waals surface area contributed by atoms with E-state index in [4.69, 9.17) is 15.6 Å². The lowest BCUT2D eigenvalue weighted by Gasteiger charge is -2.03. The number of unbranched alkanes of at least 4 members (excludes halogenated alkanes) is 1. The van der Waals surface area contributed by atoms with Crippen LogP contribution >= 0.6 is 0 Å². The number of nitrogen functional groups attached to an aromatic ring is 1. The number of aliphatic hydroxyl groups is 1. The number of rotatable bonds is 6. The third kappa shape index (κ3) is 4.41. The molecule has 84 valence electrons. The van der Waals surface area contributed by atoms with Gasteiger partial charge in [-0.25, -0.2) is 9.67 Å². The summed E-state index contributed by atoms with van der Waals surface area (Å²) in [5.74, 6) is -0.263. The van der Waals surface area contributed by atoms with Gasteiger partial charge in [0.25, 0.3) is 0 Å². The van der Waals surface area contributed by atoms with Crippen LogP contribution in [0, 0.1) is 0 Å². The average Bonchev–Trinajstić information content (AvgIpc) is 2.59. The number of esters is 1. The van der Waals surface area contributed by atoms with Crippen molar-refractivity contribution in [2.45, 2.75) is 19.4 Å². The van der Waals surface area contributed by atoms with Gasteiger partial charge >= 0.3 is 5.97 Å². The Morgan fingerprint density at radius 2 is 2.40 bits per heavy atom. The fourth-order valence-electron chi connectivity index (χ4n) is 0.963. The second-order valence-corrected chi connectivity index (χ2v) is 2.95. The lowest BCUT2D eigenvalue weighted by atomic mass is 10.3. The lowest BCUT2D eigenvalue weighted by molar-refractivity contribution is -0.144. The summed E-state index contributed by atoms with van der Waals surface area (Å²) in [7, 11) is 0. The molecule has 0 unspecified atom stereocenters. The topological polar surface area (TPSA) is 103 Å². The van der Waals surface area contributed by atoms with Crippen molar-refractivity contribution in [2.24, 2.45) is 0 Å². The molecule has 1 aromatic heterocycles. The van der Waals surface area contributed by atoms with Gasteiger partial charge in [-0.15, -0.1) is 5.10 Å². The minimum Gasteiger partial charge on any atom is -0.464 e. The predicted molar refractivity (Wildman–Crippen MR) is 51.7 cm³/mol. The molecule has 0 aromatic carbocycles. The van der Waals surface area contributed by atoms with E-state index < -0.39 is 5.97 Å². The van der Waals surface area contributed by atoms with Crippen LogP contribution in [-0.2, 0) is 16.1 Å². The van der Waals surface area contributed by atoms with Crippen LogP contribution in [0.2, 0.25) is 0 Å². The van der Waals surface area contributed by atoms with Crippen molar-refractivity contribution in [3.63, 3.8) is 0 Å². The standard InChI is InChI=1S/C8H14N4O3/c9-8-10-6-12(11-8)5-7(14)15-4-2-1-3-13/h6,13H,1-5H2,(H2,9,11). The Morgan fingerprint density at radius 3 is 3.00 bits per heavy atom. The van der Waals surface area contributed by atoms with Gasteiger partial charge in [-0.1, -0.05) is 0 Å². The van der Waals surface area contributed by atoms with Gasteiger partial charge in [0.1, 0.15) is 12.9 Å². The van der Waals surface area contributed by atoms with Crippen LogP contribution in [0.25, 0.3) is 0 Å². The zero-order chi connectivity index (χ0) is 11.1. The number of carbonyl (C=O) groups is 1. The number of hydrogen-bond acceptors (Lipinski definition) is 6. The molecule has 15 heavy (non-hydrogen) atoms. The number of nitrogens with two attached hydrogens (primary N) is 1. The summed E-state index contributed by atoms with van der Waals surface area (Å²) in [5.41, 5.74) is 5.27. The molecule has 0 aliphatic rings. The molecule has 3 N–H and O–H groups in total. The largest absolute Gasteiger partial charge is 0.464 e. The van der Waals surface area contributed by atoms with E-state index in [0.717, 1.165) is 0 Å². The summed E-state index contributed by atoms with van der Waals surface area (Å²) in [5, 5.41) is 12.2. The number of carbonyl (C=O) groups excluding carboxylic acids is 1. The van der Waals surface area contributed by atoms with E-state index >= 15 is 0 Å². The Kier molecular flexibility index (Phi) is 4.55. The molecule has 0 atom stereocenters. The van der Waals surface area contributed by atoms with Crippen molar-refractivity contribution in [3.05, 3.63) is 6.33 Å². The molecule has 0 amide bonds. The minimum absolute atomic E-state index is 0.00330. The van der Waals surface area contributed by atoms with Gasteiger partial charge in [0.05, 0.1) is 6.61 Å². The Hall–Kier alpha value is -1.63. The SMILES string of the molecule is Nc1ncn(CC(=O)OCCCCO)n1. The highest BCUT2D eigenvalue weighted by atomic mass is 16.5. The Balaban J connectivity index is 2.18. The molecule has 7 nitrogen and oxygen atoms in total. The second-order valence-electron chi connectivity index (χ2n) is 2.95. The van der Waals surface area contributed by atoms with Crippen LogP contribution in [0.1, 0.15) is 12.8 Å². The summed E-state index contributed by atoms with van der Waals surface area (Å²) < 4.78 is 6.19. The first-order chi connectivity index (χ1) is 7.22. The van der Waals surface area contributed by atoms with Gasteiger partial charge in [0.2, 0.25) is 5.95 Å². The highest BCUT2D eigenvalue weighted by Crippen LogP contribution is 1.93. The molecule has 0 saturated heterocycles. The highest BCUT2D eigenvalue weighted by Gasteiger charge is 2.05. The Morgan fingerprint density at radius 1 is 1.60 bits per heavy atom. The molecular formula is C8H14N4O3. The first-order valence-corrected chi connectivity index (χ1v) is 4.64. The average molecular weight is 214 g/mol. The summed E-state index contributed by atoms with van der Waals surface area (Å²) in [4.78, 5) is 14.8. The van der Waals surface area contributed by atoms with Gasteiger partial charge in [-0.3, -0.25) is 4.79 Å². The van der Waals surface area contributed by atoms with E-state index in [9.17, 15) is 4.79 Å². The summed E-state index contributed by atoms with van der Waals surface area (Å²) in [6.07, 6.45) is 2.65. The van der Waals surface area contributed by atoms with Crippen molar-refractivity contribution in [1.29, 1.82) is 0 Å². The maximum Gasteiger partial charge on any atom is 0.327 e. The van der Waals surface area contributed by atoms with Crippen molar-refractivity contribution in [2.75, 3.05) is 18.9 Å². The molecule has 1 heterocycles. The van der Waals surface area contributed by atoms with Gasteiger partial charge < -0.3 is 15.6 Å². The molecule has 0 spiro atoms. The van der Waals surface area contributed by atoms with Crippen molar-refractivity contribution >= 4 is 11.9 Å². The quantitative estimate of drug-likeness (QED) is 0.473. The van der Waals surface area contributed by atoms with Crippen LogP contribution in [0.5, 0.6) is 0 Å². The van der Waals surface area contributed by atoms with E-state index in [2.05, 4.69) is 10.1 Å². The maximum atomic E-state index is 11.2. The van der Waals surface area contributed by atoms with Gasteiger partial charge in [-0.2, -0.15) is 0 Å². The Bertz CT molecular complexity index is 313. The van der Waals surface area contributed by atoms with Crippen LogP contribution < -0.4 is 5.73 Å². The molecule has 0 fully saturated rings. The van der Waals surface area contributed by atoms with E-state index in [1.54, 1.807) is 0 Å². The molecule has 0 saturated carbocycles. The molecule has 0 aliphatic heterocycles. The summed E-state index contributed by atoms with van der Waals surface area (Å²) in [6.45, 7) is 0.421. The number of aliphatic hydroxyl groups excluding tert-OH is 1. The first-order valence-electron chi connectivity index (χ1n) is 4.64. The van der Waals surface area contributed by atoms with E-state index in [1.165, 1.54) is 11.0 Å². The van der Waals surface area contributed by atoms with Crippen molar-refractivity contribution < 1.29 is 14.6 Å². The van der Waals surface area contributed by atoms with Gasteiger partial charge in [0, 0.05) is 6.61 Å². The zero-order valence-corrected chi connectivity index (χ0v) is 8.30. The monoisotopic (exact) mass is 214 g/mol. The van der Waals surface area contributed by atoms with Crippen LogP contribution in [0.4, 0.5) is 5.95 Å². The molecule has 7 heteroatoms. The minimum atomic E-state index is -0.391. The van der Waals surface area contributed by atoms with Crippen LogP contribution in [0.15, 0.2) is 6.33 Å². The predicted octanol–water partition coefficient (Wildman–Crippen LogP) is -0.824. The van der Waals surface area contributed by atoms with E-state index in [0.29, 0.717) is 19.4 Å². The molecule has 0 aliphatic carbocycles. The third-order valence-electron chi connectivity index (χ3n) is 1.66. The fourth-order valence-corrected chi connectivity index (χ4v) is 0.963. The van der Waals surface area contributed by atoms with Gasteiger partial charge in [0.15, 0.2) is 0 Å². The third-order valence-corrected chi connectivity index (χ3v) is 1.66. The number of ether oxygens (including phenoxy) is 1. The van der Waals surface area contributed by atoms with Crippen LogP contribution in [0.3, 0.4) is 0 Å². The van der Waals surface area contributed by atoms with Crippen LogP contribution in [-0.4, -0.2) is 39.1 Å². The van der Waals surface area contributed by atoms with Gasteiger partial charge in [-0.05, 0) is 12.8 Å². The van der Waals surface area contributed by atoms with Crippen molar-refractivity contribution in [3.8, 4) is 0 Å². The van der Waals surface area contributed by atoms with Crippen molar-refractivity contribution in [1.82, 2.24) is 14.8 Å². The normalized spacial score (nSPS) is 10.2. The first kappa shape index (κ1) is 11.4.